The van der Waals surface area contributed by atoms with Gasteiger partial charge in [-0.25, -0.2) is 0 Å². The van der Waals surface area contributed by atoms with Crippen molar-refractivity contribution < 1.29 is 9.59 Å². The molecule has 0 spiro atoms. The van der Waals surface area contributed by atoms with Gasteiger partial charge in [0, 0.05) is 19.2 Å². The second-order valence-corrected chi connectivity index (χ2v) is 2.62. The van der Waals surface area contributed by atoms with Crippen molar-refractivity contribution in [2.24, 2.45) is 0 Å². The van der Waals surface area contributed by atoms with Crippen LogP contribution < -0.4 is 0 Å². The third-order valence-corrected chi connectivity index (χ3v) is 1.72. The molecule has 0 saturated carbocycles. The number of allylic oxidation sites excluding steroid dienone is 3. The van der Waals surface area contributed by atoms with Crippen LogP contribution in [0.4, 0.5) is 0 Å². The second kappa shape index (κ2) is 2.05. The van der Waals surface area contributed by atoms with E-state index in [9.17, 15) is 9.59 Å². The fourth-order valence-electron chi connectivity index (χ4n) is 1.04. The molecule has 2 rings (SSSR count). The lowest BCUT2D eigenvalue weighted by Crippen LogP contribution is -2.13. The van der Waals surface area contributed by atoms with Gasteiger partial charge in [-0.2, -0.15) is 0 Å². The smallest absolute Gasteiger partial charge is 0.202 e. The minimum Gasteiger partial charge on any atom is -0.365 e. The van der Waals surface area contributed by atoms with Gasteiger partial charge in [0.2, 0.25) is 5.78 Å². The van der Waals surface area contributed by atoms with E-state index in [4.69, 9.17) is 0 Å². The van der Waals surface area contributed by atoms with Crippen LogP contribution in [0.1, 0.15) is 0 Å². The summed E-state index contributed by atoms with van der Waals surface area (Å²) in [4.78, 5) is 23.8. The van der Waals surface area contributed by atoms with E-state index in [0.29, 0.717) is 5.70 Å². The Bertz CT molecular complexity index is 284. The molecule has 1 heterocycles. The molecule has 1 aliphatic carbocycles. The first-order valence-corrected chi connectivity index (χ1v) is 3.50. The van der Waals surface area contributed by atoms with E-state index in [-0.39, 0.29) is 11.6 Å². The first-order chi connectivity index (χ1) is 5.27. The Kier molecular flexibility index (Phi) is 1.18. The molecule has 0 aromatic heterocycles. The molecule has 0 bridgehead atoms. The quantitative estimate of drug-likeness (QED) is 0.385. The zero-order valence-electron chi connectivity index (χ0n) is 5.91. The first kappa shape index (κ1) is 6.34. The molecule has 3 nitrogen and oxygen atoms in total. The van der Waals surface area contributed by atoms with Crippen LogP contribution in [0, 0.1) is 0 Å². The number of hydrogen-bond acceptors (Lipinski definition) is 3. The van der Waals surface area contributed by atoms with Crippen LogP contribution in [0.5, 0.6) is 0 Å². The van der Waals surface area contributed by atoms with Crippen molar-refractivity contribution in [2.45, 2.75) is 0 Å². The molecule has 0 amide bonds. The van der Waals surface area contributed by atoms with Crippen LogP contribution in [0.2, 0.25) is 0 Å². The summed E-state index contributed by atoms with van der Waals surface area (Å²) in [5.74, 6) is -0.145. The van der Waals surface area contributed by atoms with Crippen LogP contribution in [0.15, 0.2) is 23.9 Å². The molecule has 0 aromatic rings. The lowest BCUT2D eigenvalue weighted by Gasteiger charge is -2.06. The molecule has 0 atom stereocenters. The number of carbonyl (C=O) groups excluding carboxylic acids is 2. The third-order valence-electron chi connectivity index (χ3n) is 1.72. The van der Waals surface area contributed by atoms with Crippen molar-refractivity contribution in [2.75, 3.05) is 13.1 Å². The highest BCUT2D eigenvalue weighted by atomic mass is 16.1. The Hall–Kier alpha value is -1.38. The van der Waals surface area contributed by atoms with Gasteiger partial charge >= 0.3 is 0 Å². The van der Waals surface area contributed by atoms with Gasteiger partial charge in [0.05, 0.1) is 5.70 Å². The fraction of sp³-hybridized carbons (Fsp3) is 0.250. The Balaban J connectivity index is 2.28. The van der Waals surface area contributed by atoms with E-state index in [0.717, 1.165) is 13.1 Å². The van der Waals surface area contributed by atoms with Crippen LogP contribution in [0.25, 0.3) is 0 Å². The summed E-state index contributed by atoms with van der Waals surface area (Å²) in [6.45, 7) is 1.80. The van der Waals surface area contributed by atoms with E-state index in [2.05, 4.69) is 0 Å². The largest absolute Gasteiger partial charge is 0.365 e. The molecule has 0 aromatic carbocycles. The van der Waals surface area contributed by atoms with Crippen molar-refractivity contribution in [3.05, 3.63) is 23.9 Å². The van der Waals surface area contributed by atoms with Gasteiger partial charge in [0.1, 0.15) is 0 Å². The number of nitrogens with zero attached hydrogens (tertiary/aromatic N) is 1. The predicted molar refractivity (Wildman–Crippen MR) is 38.8 cm³/mol. The Labute approximate surface area is 64.0 Å². The first-order valence-electron chi connectivity index (χ1n) is 3.50. The molecule has 0 radical (unpaired) electrons. The van der Waals surface area contributed by atoms with E-state index < -0.39 is 0 Å². The van der Waals surface area contributed by atoms with E-state index in [1.807, 2.05) is 4.90 Å². The molecule has 1 fully saturated rings. The summed E-state index contributed by atoms with van der Waals surface area (Å²) in [5, 5.41) is 0. The molecule has 0 N–H and O–H groups in total. The zero-order valence-corrected chi connectivity index (χ0v) is 5.91. The maximum absolute atomic E-state index is 11.1. The Morgan fingerprint density at radius 1 is 1.18 bits per heavy atom. The second-order valence-electron chi connectivity index (χ2n) is 2.62. The molecule has 11 heavy (non-hydrogen) atoms. The maximum atomic E-state index is 11.1. The number of ketones is 2. The molecule has 1 aliphatic heterocycles. The average molecular weight is 149 g/mol. The molecule has 1 saturated heterocycles. The lowest BCUT2D eigenvalue weighted by atomic mass is 10.1. The summed E-state index contributed by atoms with van der Waals surface area (Å²) >= 11 is 0. The van der Waals surface area contributed by atoms with Crippen molar-refractivity contribution in [3.63, 3.8) is 0 Å². The Morgan fingerprint density at radius 3 is 2.55 bits per heavy atom. The van der Waals surface area contributed by atoms with E-state index in [1.165, 1.54) is 18.2 Å². The van der Waals surface area contributed by atoms with Gasteiger partial charge in [0.15, 0.2) is 5.78 Å². The highest BCUT2D eigenvalue weighted by Crippen LogP contribution is 2.17. The van der Waals surface area contributed by atoms with Gasteiger partial charge in [-0.05, 0) is 12.2 Å². The van der Waals surface area contributed by atoms with Crippen LogP contribution in [0.3, 0.4) is 0 Å². The highest BCUT2D eigenvalue weighted by Gasteiger charge is 2.26. The molecular formula is C8H7NO2. The van der Waals surface area contributed by atoms with Crippen LogP contribution in [-0.4, -0.2) is 29.6 Å². The monoisotopic (exact) mass is 149 g/mol. The zero-order chi connectivity index (χ0) is 7.84. The summed E-state index contributed by atoms with van der Waals surface area (Å²) in [6.07, 6.45) is 4.03. The average Bonchev–Trinajstić information content (AvgIpc) is 2.76. The maximum Gasteiger partial charge on any atom is 0.202 e. The van der Waals surface area contributed by atoms with Crippen molar-refractivity contribution in [1.82, 2.24) is 4.90 Å². The molecular weight excluding hydrogens is 142 g/mol. The van der Waals surface area contributed by atoms with Crippen LogP contribution >= 0.6 is 0 Å². The molecule has 2 aliphatic rings. The fourth-order valence-corrected chi connectivity index (χ4v) is 1.04. The number of hydrogen-bond donors (Lipinski definition) is 0. The van der Waals surface area contributed by atoms with E-state index >= 15 is 0 Å². The van der Waals surface area contributed by atoms with Crippen LogP contribution in [-0.2, 0) is 9.59 Å². The summed E-state index contributed by atoms with van der Waals surface area (Å²) in [5.41, 5.74) is 0.553. The predicted octanol–water partition coefficient (Wildman–Crippen LogP) is -0.106. The van der Waals surface area contributed by atoms with Crippen molar-refractivity contribution >= 4 is 11.6 Å². The topological polar surface area (TPSA) is 37.1 Å². The third kappa shape index (κ3) is 1.09. The molecule has 3 heteroatoms. The number of carbonyl (C=O) groups is 2. The number of rotatable bonds is 1. The summed E-state index contributed by atoms with van der Waals surface area (Å²) in [6, 6.07) is 0. The SMILES string of the molecule is O=C1C=CC(=O)C(N2CC2)=C1. The molecule has 0 unspecified atom stereocenters. The van der Waals surface area contributed by atoms with Gasteiger partial charge < -0.3 is 4.90 Å². The normalized spacial score (nSPS) is 22.2. The van der Waals surface area contributed by atoms with Gasteiger partial charge in [-0.1, -0.05) is 0 Å². The summed E-state index contributed by atoms with van der Waals surface area (Å²) in [7, 11) is 0. The van der Waals surface area contributed by atoms with Gasteiger partial charge in [-0.15, -0.1) is 0 Å². The van der Waals surface area contributed by atoms with Crippen molar-refractivity contribution in [1.29, 1.82) is 0 Å². The minimum absolute atomic E-state index is 0.0536. The van der Waals surface area contributed by atoms with E-state index in [1.54, 1.807) is 0 Å². The lowest BCUT2D eigenvalue weighted by molar-refractivity contribution is -0.115. The van der Waals surface area contributed by atoms with Gasteiger partial charge in [0.25, 0.3) is 0 Å². The minimum atomic E-state index is -0.0912. The summed E-state index contributed by atoms with van der Waals surface area (Å²) < 4.78 is 0. The van der Waals surface area contributed by atoms with Crippen molar-refractivity contribution in [3.8, 4) is 0 Å². The molecule has 56 valence electrons. The standard InChI is InChI=1S/C8H7NO2/c10-6-1-2-8(11)7(5-6)9-3-4-9/h1-2,5H,3-4H2. The Morgan fingerprint density at radius 2 is 1.91 bits per heavy atom. The highest BCUT2D eigenvalue weighted by molar-refractivity contribution is 6.17. The van der Waals surface area contributed by atoms with Gasteiger partial charge in [-0.3, -0.25) is 9.59 Å².